The molecule has 1 amide bonds. The Bertz CT molecular complexity index is 1180. The predicted octanol–water partition coefficient (Wildman–Crippen LogP) is 2.71. The molecule has 3 heterocycles. The summed E-state index contributed by atoms with van der Waals surface area (Å²) in [5.41, 5.74) is 0.947. The normalized spacial score (nSPS) is 15.1. The molecule has 4 rings (SSSR count). The Morgan fingerprint density at radius 3 is 2.52 bits per heavy atom. The van der Waals surface area contributed by atoms with Crippen LogP contribution in [0.1, 0.15) is 23.3 Å². The summed E-state index contributed by atoms with van der Waals surface area (Å²) in [5, 5.41) is 1.85. The third kappa shape index (κ3) is 4.61. The lowest BCUT2D eigenvalue weighted by Gasteiger charge is -2.32. The number of hydrogen-bond acceptors (Lipinski definition) is 6. The molecule has 1 aromatic carbocycles. The number of benzene rings is 1. The molecular formula is C22H24N4O4S. The first-order chi connectivity index (χ1) is 14.8. The van der Waals surface area contributed by atoms with E-state index >= 15 is 0 Å². The van der Waals surface area contributed by atoms with E-state index < -0.39 is 10.0 Å². The van der Waals surface area contributed by atoms with E-state index in [4.69, 9.17) is 4.74 Å². The zero-order chi connectivity index (χ0) is 22.0. The van der Waals surface area contributed by atoms with E-state index in [-0.39, 0.29) is 12.0 Å². The van der Waals surface area contributed by atoms with Crippen LogP contribution in [-0.4, -0.2) is 61.7 Å². The van der Waals surface area contributed by atoms with E-state index in [1.807, 2.05) is 35.2 Å². The predicted molar refractivity (Wildman–Crippen MR) is 119 cm³/mol. The van der Waals surface area contributed by atoms with Gasteiger partial charge in [-0.15, -0.1) is 0 Å². The number of rotatable bonds is 5. The molecule has 1 aliphatic heterocycles. The molecule has 31 heavy (non-hydrogen) atoms. The van der Waals surface area contributed by atoms with Crippen LogP contribution in [0.4, 0.5) is 5.69 Å². The van der Waals surface area contributed by atoms with Crippen LogP contribution in [0, 0.1) is 0 Å². The molecule has 0 spiro atoms. The number of sulfonamides is 1. The number of amides is 1. The zero-order valence-corrected chi connectivity index (χ0v) is 18.2. The van der Waals surface area contributed by atoms with Crippen LogP contribution < -0.4 is 9.04 Å². The third-order valence-corrected chi connectivity index (χ3v) is 6.68. The molecule has 0 N–H and O–H groups in total. The van der Waals surface area contributed by atoms with Crippen LogP contribution in [0.3, 0.4) is 0 Å². The molecule has 3 aromatic rings. The molecular weight excluding hydrogens is 416 g/mol. The van der Waals surface area contributed by atoms with Gasteiger partial charge in [0.25, 0.3) is 5.91 Å². The van der Waals surface area contributed by atoms with Crippen molar-refractivity contribution in [3.05, 3.63) is 60.6 Å². The topological polar surface area (TPSA) is 92.7 Å². The highest BCUT2D eigenvalue weighted by Gasteiger charge is 2.26. The van der Waals surface area contributed by atoms with E-state index in [9.17, 15) is 13.2 Å². The summed E-state index contributed by atoms with van der Waals surface area (Å²) >= 11 is 0. The van der Waals surface area contributed by atoms with Gasteiger partial charge in [0.05, 0.1) is 18.1 Å². The highest BCUT2D eigenvalue weighted by atomic mass is 32.2. The van der Waals surface area contributed by atoms with Crippen molar-refractivity contribution in [3.8, 4) is 5.88 Å². The van der Waals surface area contributed by atoms with Gasteiger partial charge in [-0.05, 0) is 17.5 Å². The first kappa shape index (κ1) is 21.0. The number of piperidine rings is 1. The minimum absolute atomic E-state index is 0.0597. The molecule has 0 atom stereocenters. The lowest BCUT2D eigenvalue weighted by Crippen LogP contribution is -2.42. The molecule has 0 aliphatic carbocycles. The number of aromatic nitrogens is 2. The van der Waals surface area contributed by atoms with Gasteiger partial charge in [0.1, 0.15) is 11.8 Å². The van der Waals surface area contributed by atoms with Gasteiger partial charge in [0.15, 0.2) is 0 Å². The van der Waals surface area contributed by atoms with E-state index in [0.29, 0.717) is 43.2 Å². The molecule has 1 fully saturated rings. The fourth-order valence-corrected chi connectivity index (χ4v) is 4.10. The van der Waals surface area contributed by atoms with Gasteiger partial charge >= 0.3 is 0 Å². The Hall–Kier alpha value is -3.20. The molecule has 0 bridgehead atoms. The van der Waals surface area contributed by atoms with Gasteiger partial charge in [-0.1, -0.05) is 24.3 Å². The molecule has 9 heteroatoms. The molecule has 0 saturated carbocycles. The first-order valence-corrected chi connectivity index (χ1v) is 11.9. The lowest BCUT2D eigenvalue weighted by atomic mass is 10.1. The Labute approximate surface area is 181 Å². The monoisotopic (exact) mass is 440 g/mol. The maximum Gasteiger partial charge on any atom is 0.273 e. The standard InChI is InChI=1S/C22H24N4O4S/c1-25(31(2,28)29)17-7-8-20(24-15-17)30-18-10-13-26(14-11-18)22(27)21-19-6-4-3-5-16(19)9-12-23-21/h3-9,12,15,18H,10-11,13-14H2,1-2H3. The van der Waals surface area contributed by atoms with Crippen molar-refractivity contribution in [1.82, 2.24) is 14.9 Å². The molecule has 8 nitrogen and oxygen atoms in total. The first-order valence-electron chi connectivity index (χ1n) is 10.0. The molecule has 1 saturated heterocycles. The number of carbonyl (C=O) groups excluding carboxylic acids is 1. The lowest BCUT2D eigenvalue weighted by molar-refractivity contribution is 0.0584. The summed E-state index contributed by atoms with van der Waals surface area (Å²) in [7, 11) is -1.86. The van der Waals surface area contributed by atoms with Crippen molar-refractivity contribution in [3.63, 3.8) is 0 Å². The van der Waals surface area contributed by atoms with Crippen LogP contribution in [0.15, 0.2) is 54.9 Å². The summed E-state index contributed by atoms with van der Waals surface area (Å²) in [6, 6.07) is 13.0. The van der Waals surface area contributed by atoms with E-state index in [1.54, 1.807) is 18.3 Å². The van der Waals surface area contributed by atoms with Gasteiger partial charge < -0.3 is 9.64 Å². The second kappa shape index (κ2) is 8.50. The van der Waals surface area contributed by atoms with Crippen molar-refractivity contribution < 1.29 is 17.9 Å². The summed E-state index contributed by atoms with van der Waals surface area (Å²) in [4.78, 5) is 23.4. The van der Waals surface area contributed by atoms with E-state index in [2.05, 4.69) is 9.97 Å². The summed E-state index contributed by atoms with van der Waals surface area (Å²) in [6.45, 7) is 1.15. The van der Waals surface area contributed by atoms with Crippen molar-refractivity contribution >= 4 is 32.4 Å². The van der Waals surface area contributed by atoms with Crippen molar-refractivity contribution in [2.24, 2.45) is 0 Å². The average Bonchev–Trinajstić information content (AvgIpc) is 2.78. The molecule has 2 aromatic heterocycles. The zero-order valence-electron chi connectivity index (χ0n) is 17.4. The Morgan fingerprint density at radius 2 is 1.84 bits per heavy atom. The SMILES string of the molecule is CN(c1ccc(OC2CCN(C(=O)c3nccc4ccccc34)CC2)nc1)S(C)(=O)=O. The number of hydrogen-bond donors (Lipinski definition) is 0. The number of anilines is 1. The maximum absolute atomic E-state index is 13.0. The number of likely N-dealkylation sites (tertiary alicyclic amines) is 1. The van der Waals surface area contributed by atoms with Crippen LogP contribution in [0.2, 0.25) is 0 Å². The average molecular weight is 441 g/mol. The number of carbonyl (C=O) groups is 1. The van der Waals surface area contributed by atoms with Crippen molar-refractivity contribution in [1.29, 1.82) is 0 Å². The fourth-order valence-electron chi connectivity index (χ4n) is 3.61. The Balaban J connectivity index is 1.37. The smallest absolute Gasteiger partial charge is 0.273 e. The van der Waals surface area contributed by atoms with Gasteiger partial charge in [-0.3, -0.25) is 14.1 Å². The number of fused-ring (bicyclic) bond motifs is 1. The summed E-state index contributed by atoms with van der Waals surface area (Å²) < 4.78 is 30.4. The van der Waals surface area contributed by atoms with Crippen LogP contribution in [-0.2, 0) is 10.0 Å². The Kier molecular flexibility index (Phi) is 5.77. The highest BCUT2D eigenvalue weighted by molar-refractivity contribution is 7.92. The number of nitrogens with zero attached hydrogens (tertiary/aromatic N) is 4. The second-order valence-electron chi connectivity index (χ2n) is 7.58. The Morgan fingerprint density at radius 1 is 1.10 bits per heavy atom. The van der Waals surface area contributed by atoms with E-state index in [1.165, 1.54) is 13.2 Å². The van der Waals surface area contributed by atoms with Gasteiger partial charge in [0, 0.05) is 50.6 Å². The molecule has 0 unspecified atom stereocenters. The largest absolute Gasteiger partial charge is 0.474 e. The third-order valence-electron chi connectivity index (χ3n) is 5.47. The van der Waals surface area contributed by atoms with Crippen LogP contribution in [0.5, 0.6) is 5.88 Å². The minimum atomic E-state index is -3.34. The molecule has 0 radical (unpaired) electrons. The fraction of sp³-hybridized carbons (Fsp3) is 0.318. The quantitative estimate of drug-likeness (QED) is 0.606. The van der Waals surface area contributed by atoms with E-state index in [0.717, 1.165) is 21.3 Å². The van der Waals surface area contributed by atoms with Crippen LogP contribution >= 0.6 is 0 Å². The summed E-state index contributed by atoms with van der Waals surface area (Å²) in [5.74, 6) is 0.368. The van der Waals surface area contributed by atoms with Crippen LogP contribution in [0.25, 0.3) is 10.8 Å². The van der Waals surface area contributed by atoms with Gasteiger partial charge in [-0.25, -0.2) is 13.4 Å². The minimum Gasteiger partial charge on any atom is -0.474 e. The second-order valence-corrected chi connectivity index (χ2v) is 9.59. The summed E-state index contributed by atoms with van der Waals surface area (Å²) in [6.07, 6.45) is 5.59. The van der Waals surface area contributed by atoms with Crippen molar-refractivity contribution in [2.75, 3.05) is 30.7 Å². The highest BCUT2D eigenvalue weighted by Crippen LogP contribution is 2.23. The van der Waals surface area contributed by atoms with Gasteiger partial charge in [0.2, 0.25) is 15.9 Å². The number of ether oxygens (including phenoxy) is 1. The maximum atomic E-state index is 13.0. The molecule has 1 aliphatic rings. The van der Waals surface area contributed by atoms with Crippen molar-refractivity contribution in [2.45, 2.75) is 18.9 Å². The number of pyridine rings is 2. The molecule has 162 valence electrons. The van der Waals surface area contributed by atoms with Gasteiger partial charge in [-0.2, -0.15) is 0 Å².